The smallest absolute Gasteiger partial charge is 0.326 e. The summed E-state index contributed by atoms with van der Waals surface area (Å²) < 4.78 is 1.95. The molecule has 1 N–H and O–H groups in total. The molecule has 1 aromatic rings. The molecule has 0 radical (unpaired) electrons. The van der Waals surface area contributed by atoms with Crippen molar-refractivity contribution >= 4 is 11.9 Å². The molecule has 0 aromatic carbocycles. The van der Waals surface area contributed by atoms with Gasteiger partial charge >= 0.3 is 5.97 Å². The fourth-order valence-electron chi connectivity index (χ4n) is 2.98. The van der Waals surface area contributed by atoms with Gasteiger partial charge in [0.2, 0.25) is 5.91 Å². The normalized spacial score (nSPS) is 20.2. The maximum absolute atomic E-state index is 12.5. The Balaban J connectivity index is 2.05. The lowest BCUT2D eigenvalue weighted by molar-refractivity contribution is -0.152. The summed E-state index contributed by atoms with van der Waals surface area (Å²) in [5.41, 5.74) is 0. The Morgan fingerprint density at radius 1 is 1.43 bits per heavy atom. The molecule has 0 bridgehead atoms. The van der Waals surface area contributed by atoms with Gasteiger partial charge in [0, 0.05) is 31.4 Å². The van der Waals surface area contributed by atoms with Gasteiger partial charge in [-0.3, -0.25) is 4.79 Å². The van der Waals surface area contributed by atoms with Crippen molar-refractivity contribution in [2.45, 2.75) is 57.5 Å². The summed E-state index contributed by atoms with van der Waals surface area (Å²) >= 11 is 0. The molecule has 1 aromatic heterocycles. The van der Waals surface area contributed by atoms with Gasteiger partial charge in [-0.2, -0.15) is 0 Å². The van der Waals surface area contributed by atoms with Crippen molar-refractivity contribution in [1.29, 1.82) is 0 Å². The van der Waals surface area contributed by atoms with Crippen molar-refractivity contribution < 1.29 is 14.7 Å². The average Bonchev–Trinajstić information content (AvgIpc) is 3.00. The standard InChI is InChI=1S/C15H23N3O3/c1-2-5-12(17-9-7-16-11-17)10-14(19)18-8-4-3-6-13(18)15(20)21/h7,9,11-13H,2-6,8,10H2,1H3,(H,20,21)/t12?,13-/m0/s1. The molecule has 21 heavy (non-hydrogen) atoms. The number of hydrogen-bond acceptors (Lipinski definition) is 3. The molecule has 0 aliphatic carbocycles. The summed E-state index contributed by atoms with van der Waals surface area (Å²) in [7, 11) is 0. The predicted molar refractivity (Wildman–Crippen MR) is 77.8 cm³/mol. The molecule has 6 nitrogen and oxygen atoms in total. The first-order valence-corrected chi connectivity index (χ1v) is 7.63. The van der Waals surface area contributed by atoms with Crippen molar-refractivity contribution in [3.05, 3.63) is 18.7 Å². The number of nitrogens with zero attached hydrogens (tertiary/aromatic N) is 3. The average molecular weight is 293 g/mol. The molecular weight excluding hydrogens is 270 g/mol. The third-order valence-corrected chi connectivity index (χ3v) is 4.09. The summed E-state index contributed by atoms with van der Waals surface area (Å²) in [6.07, 6.45) is 9.80. The minimum atomic E-state index is -0.891. The molecule has 1 aliphatic rings. The first-order valence-electron chi connectivity index (χ1n) is 7.63. The summed E-state index contributed by atoms with van der Waals surface area (Å²) in [6, 6.07) is -0.599. The monoisotopic (exact) mass is 293 g/mol. The van der Waals surface area contributed by atoms with Gasteiger partial charge in [0.05, 0.1) is 6.33 Å². The van der Waals surface area contributed by atoms with E-state index in [9.17, 15) is 14.7 Å². The number of amides is 1. The highest BCUT2D eigenvalue weighted by molar-refractivity contribution is 5.84. The molecule has 1 saturated heterocycles. The van der Waals surface area contributed by atoms with E-state index in [-0.39, 0.29) is 11.9 Å². The Morgan fingerprint density at radius 3 is 2.86 bits per heavy atom. The third-order valence-electron chi connectivity index (χ3n) is 4.09. The van der Waals surface area contributed by atoms with E-state index >= 15 is 0 Å². The van der Waals surface area contributed by atoms with Gasteiger partial charge in [-0.25, -0.2) is 9.78 Å². The second kappa shape index (κ2) is 7.24. The molecule has 1 aliphatic heterocycles. The number of aromatic nitrogens is 2. The van der Waals surface area contributed by atoms with E-state index in [1.165, 1.54) is 0 Å². The highest BCUT2D eigenvalue weighted by atomic mass is 16.4. The fourth-order valence-corrected chi connectivity index (χ4v) is 2.98. The number of carboxylic acids is 1. The van der Waals surface area contributed by atoms with Crippen LogP contribution in [0.4, 0.5) is 0 Å². The zero-order valence-corrected chi connectivity index (χ0v) is 12.4. The Bertz CT molecular complexity index is 473. The van der Waals surface area contributed by atoms with Crippen LogP contribution in [0, 0.1) is 0 Å². The van der Waals surface area contributed by atoms with E-state index in [4.69, 9.17) is 0 Å². The number of piperidine rings is 1. The first-order chi connectivity index (χ1) is 10.1. The van der Waals surface area contributed by atoms with Crippen molar-refractivity contribution in [2.75, 3.05) is 6.54 Å². The Morgan fingerprint density at radius 2 is 2.24 bits per heavy atom. The molecule has 1 amide bonds. The zero-order valence-electron chi connectivity index (χ0n) is 12.4. The van der Waals surface area contributed by atoms with E-state index in [2.05, 4.69) is 11.9 Å². The number of carbonyl (C=O) groups excluding carboxylic acids is 1. The van der Waals surface area contributed by atoms with Crippen LogP contribution in [0.1, 0.15) is 51.5 Å². The Kier molecular flexibility index (Phi) is 5.36. The quantitative estimate of drug-likeness (QED) is 0.871. The summed E-state index contributed by atoms with van der Waals surface area (Å²) in [4.78, 5) is 29.4. The van der Waals surface area contributed by atoms with Gasteiger partial charge in [-0.05, 0) is 25.7 Å². The minimum Gasteiger partial charge on any atom is -0.480 e. The van der Waals surface area contributed by atoms with Crippen LogP contribution in [0.15, 0.2) is 18.7 Å². The van der Waals surface area contributed by atoms with Crippen LogP contribution >= 0.6 is 0 Å². The molecule has 116 valence electrons. The molecule has 2 rings (SSSR count). The summed E-state index contributed by atoms with van der Waals surface area (Å²) in [5, 5.41) is 9.27. The lowest BCUT2D eigenvalue weighted by Crippen LogP contribution is -2.48. The van der Waals surface area contributed by atoms with Gasteiger partial charge in [-0.1, -0.05) is 13.3 Å². The van der Waals surface area contributed by atoms with E-state index in [0.29, 0.717) is 19.4 Å². The number of carboxylic acid groups (broad SMARTS) is 1. The summed E-state index contributed by atoms with van der Waals surface area (Å²) in [5.74, 6) is -0.952. The van der Waals surface area contributed by atoms with Crippen LogP contribution in [0.2, 0.25) is 0 Å². The van der Waals surface area contributed by atoms with E-state index in [0.717, 1.165) is 25.7 Å². The molecule has 1 unspecified atom stereocenters. The van der Waals surface area contributed by atoms with Crippen molar-refractivity contribution in [1.82, 2.24) is 14.5 Å². The molecule has 0 spiro atoms. The number of imidazole rings is 1. The lowest BCUT2D eigenvalue weighted by atomic mass is 10.00. The number of hydrogen-bond donors (Lipinski definition) is 1. The van der Waals surface area contributed by atoms with E-state index < -0.39 is 12.0 Å². The highest BCUT2D eigenvalue weighted by Gasteiger charge is 2.32. The number of rotatable bonds is 6. The maximum atomic E-state index is 12.5. The number of carbonyl (C=O) groups is 2. The topological polar surface area (TPSA) is 75.4 Å². The van der Waals surface area contributed by atoms with Crippen LogP contribution in [-0.2, 0) is 9.59 Å². The van der Waals surface area contributed by atoms with Crippen molar-refractivity contribution in [3.63, 3.8) is 0 Å². The van der Waals surface area contributed by atoms with Crippen LogP contribution < -0.4 is 0 Å². The van der Waals surface area contributed by atoms with E-state index in [1.54, 1.807) is 17.4 Å². The van der Waals surface area contributed by atoms with Crippen LogP contribution in [-0.4, -0.2) is 44.0 Å². The van der Waals surface area contributed by atoms with Crippen molar-refractivity contribution in [3.8, 4) is 0 Å². The molecule has 2 heterocycles. The minimum absolute atomic E-state index is 0.0568. The van der Waals surface area contributed by atoms with Gasteiger partial charge in [0.15, 0.2) is 0 Å². The maximum Gasteiger partial charge on any atom is 0.326 e. The number of likely N-dealkylation sites (tertiary alicyclic amines) is 1. The second-order valence-corrected chi connectivity index (χ2v) is 5.59. The lowest BCUT2D eigenvalue weighted by Gasteiger charge is -2.34. The van der Waals surface area contributed by atoms with E-state index in [1.807, 2.05) is 10.8 Å². The zero-order chi connectivity index (χ0) is 15.2. The Labute approximate surface area is 124 Å². The fraction of sp³-hybridized carbons (Fsp3) is 0.667. The second-order valence-electron chi connectivity index (χ2n) is 5.59. The first kappa shape index (κ1) is 15.5. The van der Waals surface area contributed by atoms with Crippen LogP contribution in [0.3, 0.4) is 0 Å². The van der Waals surface area contributed by atoms with Gasteiger partial charge in [0.25, 0.3) is 0 Å². The van der Waals surface area contributed by atoms with Gasteiger partial charge in [0.1, 0.15) is 6.04 Å². The molecule has 6 heteroatoms. The number of aliphatic carboxylic acids is 1. The summed E-state index contributed by atoms with van der Waals surface area (Å²) in [6.45, 7) is 2.63. The van der Waals surface area contributed by atoms with Crippen LogP contribution in [0.5, 0.6) is 0 Å². The SMILES string of the molecule is CCCC(CC(=O)N1CCCC[C@H]1C(=O)O)n1ccnc1. The highest BCUT2D eigenvalue weighted by Crippen LogP contribution is 2.23. The third kappa shape index (κ3) is 3.83. The van der Waals surface area contributed by atoms with Gasteiger partial charge < -0.3 is 14.6 Å². The predicted octanol–water partition coefficient (Wildman–Crippen LogP) is 2.08. The largest absolute Gasteiger partial charge is 0.480 e. The van der Waals surface area contributed by atoms with Crippen molar-refractivity contribution in [2.24, 2.45) is 0 Å². The molecule has 0 saturated carbocycles. The van der Waals surface area contributed by atoms with Crippen LogP contribution in [0.25, 0.3) is 0 Å². The molecule has 1 fully saturated rings. The van der Waals surface area contributed by atoms with Gasteiger partial charge in [-0.15, -0.1) is 0 Å². The Hall–Kier alpha value is -1.85. The molecule has 2 atom stereocenters. The molecular formula is C15H23N3O3.